The molecule has 1 saturated carbocycles. The van der Waals surface area contributed by atoms with Gasteiger partial charge in [-0.3, -0.25) is 14.4 Å². The number of rotatable bonds is 7. The van der Waals surface area contributed by atoms with Gasteiger partial charge in [0, 0.05) is 0 Å². The summed E-state index contributed by atoms with van der Waals surface area (Å²) in [6, 6.07) is 6.17. The second-order valence-corrected chi connectivity index (χ2v) is 9.02. The Morgan fingerprint density at radius 1 is 1.03 bits per heavy atom. The lowest BCUT2D eigenvalue weighted by Crippen LogP contribution is -2.61. The van der Waals surface area contributed by atoms with Gasteiger partial charge in [0.15, 0.2) is 12.1 Å². The molecule has 12 heteroatoms. The van der Waals surface area contributed by atoms with E-state index >= 15 is 0 Å². The largest absolute Gasteiger partial charge is 0.508 e. The molecule has 12 nitrogen and oxygen atoms in total. The number of aliphatic carboxylic acids is 1. The molecule has 1 aromatic rings. The van der Waals surface area contributed by atoms with Gasteiger partial charge in [0.2, 0.25) is 0 Å². The molecule has 196 valence electrons. The molecule has 36 heavy (non-hydrogen) atoms. The van der Waals surface area contributed by atoms with Crippen LogP contribution in [0.4, 0.5) is 0 Å². The maximum absolute atomic E-state index is 13.2. The van der Waals surface area contributed by atoms with Crippen LogP contribution >= 0.6 is 0 Å². The number of ether oxygens (including phenoxy) is 4. The molecule has 1 aromatic carbocycles. The molecule has 4 rings (SSSR count). The summed E-state index contributed by atoms with van der Waals surface area (Å²) in [6.07, 6.45) is -6.96. The van der Waals surface area contributed by atoms with Crippen molar-refractivity contribution in [1.29, 1.82) is 0 Å². The highest BCUT2D eigenvalue weighted by Gasteiger charge is 2.49. The van der Waals surface area contributed by atoms with Crippen LogP contribution < -0.4 is 0 Å². The average Bonchev–Trinajstić information content (AvgIpc) is 2.84. The highest BCUT2D eigenvalue weighted by Crippen LogP contribution is 2.39. The van der Waals surface area contributed by atoms with Gasteiger partial charge in [0.25, 0.3) is 0 Å². The van der Waals surface area contributed by atoms with E-state index in [9.17, 15) is 34.8 Å². The van der Waals surface area contributed by atoms with Crippen LogP contribution in [0.5, 0.6) is 5.75 Å². The van der Waals surface area contributed by atoms with Gasteiger partial charge in [-0.15, -0.1) is 0 Å². The molecule has 8 unspecified atom stereocenters. The van der Waals surface area contributed by atoms with Crippen molar-refractivity contribution in [2.75, 3.05) is 6.61 Å². The lowest BCUT2D eigenvalue weighted by Gasteiger charge is -2.44. The molecule has 2 heterocycles. The van der Waals surface area contributed by atoms with E-state index in [2.05, 4.69) is 0 Å². The number of fused-ring (bicyclic) bond motifs is 1. The lowest BCUT2D eigenvalue weighted by molar-refractivity contribution is -0.320. The van der Waals surface area contributed by atoms with E-state index in [4.69, 9.17) is 24.1 Å². The lowest BCUT2D eigenvalue weighted by atomic mass is 9.77. The molecule has 0 radical (unpaired) electrons. The Balaban J connectivity index is 1.44. The van der Waals surface area contributed by atoms with Crippen LogP contribution in [0.2, 0.25) is 0 Å². The number of aliphatic hydroxyl groups is 3. The third-order valence-electron chi connectivity index (χ3n) is 6.57. The van der Waals surface area contributed by atoms with Crippen molar-refractivity contribution in [3.05, 3.63) is 36.1 Å². The Morgan fingerprint density at radius 2 is 1.75 bits per heavy atom. The minimum atomic E-state index is -1.69. The van der Waals surface area contributed by atoms with E-state index in [1.165, 1.54) is 18.4 Å². The summed E-state index contributed by atoms with van der Waals surface area (Å²) in [5, 5.41) is 49.1. The van der Waals surface area contributed by atoms with E-state index in [0.29, 0.717) is 30.4 Å². The van der Waals surface area contributed by atoms with Crippen LogP contribution in [0.3, 0.4) is 0 Å². The van der Waals surface area contributed by atoms with E-state index in [1.807, 2.05) is 0 Å². The van der Waals surface area contributed by atoms with Crippen molar-refractivity contribution in [2.24, 2.45) is 5.92 Å². The number of hydrogen-bond acceptors (Lipinski definition) is 11. The second kappa shape index (κ2) is 10.9. The minimum Gasteiger partial charge on any atom is -0.508 e. The zero-order chi connectivity index (χ0) is 26.0. The molecule has 0 amide bonds. The summed E-state index contributed by atoms with van der Waals surface area (Å²) in [5.74, 6) is -3.05. The normalized spacial score (nSPS) is 34.2. The maximum Gasteiger partial charge on any atom is 0.317 e. The first-order valence-corrected chi connectivity index (χ1v) is 11.6. The fourth-order valence-electron chi connectivity index (χ4n) is 4.68. The predicted octanol–water partition coefficient (Wildman–Crippen LogP) is -0.288. The maximum atomic E-state index is 13.2. The van der Waals surface area contributed by atoms with Crippen molar-refractivity contribution in [1.82, 2.24) is 0 Å². The van der Waals surface area contributed by atoms with E-state index < -0.39 is 73.8 Å². The third kappa shape index (κ3) is 5.52. The molecule has 1 saturated heterocycles. The molecule has 8 atom stereocenters. The Kier molecular flexibility index (Phi) is 7.91. The molecule has 3 aliphatic rings. The number of carboxylic acids is 1. The summed E-state index contributed by atoms with van der Waals surface area (Å²) >= 11 is 0. The molecule has 0 bridgehead atoms. The Bertz CT molecular complexity index is 1000. The number of Topliss-reactive ketones (excluding diaryl/α,β-unsaturated/α-hetero) is 1. The zero-order valence-corrected chi connectivity index (χ0v) is 19.1. The van der Waals surface area contributed by atoms with Gasteiger partial charge in [-0.2, -0.15) is 0 Å². The van der Waals surface area contributed by atoms with Gasteiger partial charge in [0.05, 0.1) is 23.9 Å². The number of carbonyl (C=O) groups is 3. The molecule has 2 fully saturated rings. The monoisotopic (exact) mass is 508 g/mol. The number of phenols is 1. The first-order chi connectivity index (χ1) is 17.2. The molecular weight excluding hydrogens is 480 g/mol. The number of hydrogen-bond donors (Lipinski definition) is 5. The first-order valence-electron chi connectivity index (χ1n) is 11.6. The van der Waals surface area contributed by atoms with Crippen molar-refractivity contribution in [3.8, 4) is 5.75 Å². The van der Waals surface area contributed by atoms with Gasteiger partial charge in [-0.25, -0.2) is 0 Å². The topological polar surface area (TPSA) is 189 Å². The van der Waals surface area contributed by atoms with Crippen molar-refractivity contribution < 1.29 is 58.9 Å². The molecule has 0 aromatic heterocycles. The van der Waals surface area contributed by atoms with Crippen LogP contribution in [0, 0.1) is 5.92 Å². The molecule has 5 N–H and O–H groups in total. The highest BCUT2D eigenvalue weighted by molar-refractivity contribution is 6.22. The highest BCUT2D eigenvalue weighted by atomic mass is 16.7. The predicted molar refractivity (Wildman–Crippen MR) is 118 cm³/mol. The zero-order valence-electron chi connectivity index (χ0n) is 19.1. The Morgan fingerprint density at radius 3 is 2.44 bits per heavy atom. The number of esters is 1. The van der Waals surface area contributed by atoms with Gasteiger partial charge in [0.1, 0.15) is 49.3 Å². The smallest absolute Gasteiger partial charge is 0.317 e. The van der Waals surface area contributed by atoms with Gasteiger partial charge in [-0.05, 0) is 37.0 Å². The number of allylic oxidation sites excluding steroid dienone is 1. The number of carbonyl (C=O) groups excluding carboxylic acids is 2. The van der Waals surface area contributed by atoms with Crippen LogP contribution in [0.15, 0.2) is 30.5 Å². The SMILES string of the molecule is O=C(O)CC(=O)OCC1OC(OC2CCCC3C(=O)C(c4ccc(O)cc4)=COC23)C(O)C(O)C1O. The number of benzene rings is 1. The minimum absolute atomic E-state index is 0.0702. The van der Waals surface area contributed by atoms with Crippen LogP contribution in [0.1, 0.15) is 31.2 Å². The summed E-state index contributed by atoms with van der Waals surface area (Å²) in [6.45, 7) is -0.568. The Labute approximate surface area is 205 Å². The molecule has 0 spiro atoms. The van der Waals surface area contributed by atoms with Crippen molar-refractivity contribution in [2.45, 2.75) is 68.6 Å². The third-order valence-corrected chi connectivity index (χ3v) is 6.57. The second-order valence-electron chi connectivity index (χ2n) is 9.02. The van der Waals surface area contributed by atoms with E-state index in [-0.39, 0.29) is 11.5 Å². The summed E-state index contributed by atoms with van der Waals surface area (Å²) in [7, 11) is 0. The van der Waals surface area contributed by atoms with Gasteiger partial charge < -0.3 is 44.5 Å². The van der Waals surface area contributed by atoms with Crippen molar-refractivity contribution in [3.63, 3.8) is 0 Å². The molecule has 1 aliphatic carbocycles. The van der Waals surface area contributed by atoms with Gasteiger partial charge >= 0.3 is 11.9 Å². The van der Waals surface area contributed by atoms with E-state index in [0.717, 1.165) is 0 Å². The molecular formula is C24H28O12. The summed E-state index contributed by atoms with van der Waals surface area (Å²) in [5.41, 5.74) is 0.968. The number of ketones is 1. The number of carboxylic acid groups (broad SMARTS) is 1. The average molecular weight is 508 g/mol. The fourth-order valence-corrected chi connectivity index (χ4v) is 4.68. The number of aliphatic hydroxyl groups excluding tert-OH is 3. The van der Waals surface area contributed by atoms with Crippen LogP contribution in [0.25, 0.3) is 5.57 Å². The quantitative estimate of drug-likeness (QED) is 0.239. The van der Waals surface area contributed by atoms with Crippen molar-refractivity contribution >= 4 is 23.3 Å². The Hall–Kier alpha value is -3.03. The summed E-state index contributed by atoms with van der Waals surface area (Å²) in [4.78, 5) is 35.4. The van der Waals surface area contributed by atoms with Crippen LogP contribution in [-0.2, 0) is 33.3 Å². The summed E-state index contributed by atoms with van der Waals surface area (Å²) < 4.78 is 22.2. The standard InChI is InChI=1S/C24H28O12/c25-12-6-4-11(5-7-12)14-9-34-23-13(19(14)29)2-1-3-15(23)35-24-22(32)21(31)20(30)16(36-24)10-33-18(28)8-17(26)27/h4-7,9,13,15-16,20-25,30-32H,1-3,8,10H2,(H,26,27). The number of aromatic hydroxyl groups is 1. The number of phenolic OH excluding ortho intramolecular Hbond substituents is 1. The first kappa shape index (κ1) is 26.0. The van der Waals surface area contributed by atoms with Crippen LogP contribution in [-0.4, -0.2) is 92.8 Å². The molecule has 2 aliphatic heterocycles. The van der Waals surface area contributed by atoms with E-state index in [1.54, 1.807) is 12.1 Å². The fraction of sp³-hybridized carbons (Fsp3) is 0.542. The van der Waals surface area contributed by atoms with Gasteiger partial charge in [-0.1, -0.05) is 12.1 Å².